The highest BCUT2D eigenvalue weighted by Gasteiger charge is 2.35. The first kappa shape index (κ1) is 23.9. The van der Waals surface area contributed by atoms with Crippen LogP contribution in [0.4, 0.5) is 17.6 Å². The lowest BCUT2D eigenvalue weighted by Gasteiger charge is -2.29. The van der Waals surface area contributed by atoms with E-state index in [-0.39, 0.29) is 41.6 Å². The monoisotopic (exact) mass is 477 g/mol. The lowest BCUT2D eigenvalue weighted by atomic mass is 10.00. The van der Waals surface area contributed by atoms with Crippen LogP contribution in [0, 0.1) is 5.82 Å². The summed E-state index contributed by atoms with van der Waals surface area (Å²) in [4.78, 5) is 24.3. The standard InChI is InChI=1S/C20H20ClF4N3O4/c21-14-4-2-12(7-15(14)22)31-10-18(29)28-11-1-5-16(26-8-11)19(30)27-9-13-3-6-17(32-13)20(23,24)25/h2-4,6-7,11,16,26H,1,5,8-10H2,(H,27,30)(H,28,29)/t11-,16+/m0/s1. The molecule has 174 valence electrons. The van der Waals surface area contributed by atoms with Crippen molar-refractivity contribution in [1.82, 2.24) is 16.0 Å². The molecule has 0 unspecified atom stereocenters. The van der Waals surface area contributed by atoms with Gasteiger partial charge in [-0.25, -0.2) is 4.39 Å². The first-order chi connectivity index (χ1) is 15.1. The normalized spacial score (nSPS) is 18.8. The van der Waals surface area contributed by atoms with Gasteiger partial charge >= 0.3 is 6.18 Å². The molecule has 7 nitrogen and oxygen atoms in total. The largest absolute Gasteiger partial charge is 0.484 e. The number of hydrogen-bond donors (Lipinski definition) is 3. The number of furan rings is 1. The Labute approximate surface area is 185 Å². The second kappa shape index (κ2) is 10.2. The highest BCUT2D eigenvalue weighted by Crippen LogP contribution is 2.30. The van der Waals surface area contributed by atoms with E-state index in [1.807, 2.05) is 0 Å². The van der Waals surface area contributed by atoms with Crippen LogP contribution in [0.1, 0.15) is 24.4 Å². The number of alkyl halides is 3. The van der Waals surface area contributed by atoms with Crippen LogP contribution in [0.5, 0.6) is 5.75 Å². The van der Waals surface area contributed by atoms with E-state index in [0.717, 1.165) is 18.2 Å². The van der Waals surface area contributed by atoms with Gasteiger partial charge in [0.2, 0.25) is 11.7 Å². The third-order valence-corrected chi connectivity index (χ3v) is 5.04. The Hall–Kier alpha value is -2.79. The van der Waals surface area contributed by atoms with E-state index < -0.39 is 29.7 Å². The molecule has 1 aliphatic heterocycles. The fourth-order valence-corrected chi connectivity index (χ4v) is 3.23. The van der Waals surface area contributed by atoms with E-state index in [4.69, 9.17) is 16.3 Å². The van der Waals surface area contributed by atoms with Crippen LogP contribution >= 0.6 is 11.6 Å². The molecule has 0 saturated carbocycles. The van der Waals surface area contributed by atoms with Crippen LogP contribution in [-0.4, -0.2) is 37.0 Å². The van der Waals surface area contributed by atoms with Gasteiger partial charge in [-0.3, -0.25) is 9.59 Å². The smallest absolute Gasteiger partial charge is 0.449 e. The van der Waals surface area contributed by atoms with Gasteiger partial charge in [0.05, 0.1) is 17.6 Å². The van der Waals surface area contributed by atoms with Gasteiger partial charge in [0.25, 0.3) is 5.91 Å². The van der Waals surface area contributed by atoms with Crippen LogP contribution in [0.2, 0.25) is 5.02 Å². The van der Waals surface area contributed by atoms with Crippen LogP contribution in [0.15, 0.2) is 34.7 Å². The van der Waals surface area contributed by atoms with Crippen molar-refractivity contribution in [3.8, 4) is 5.75 Å². The molecule has 1 fully saturated rings. The number of benzene rings is 1. The van der Waals surface area contributed by atoms with E-state index >= 15 is 0 Å². The molecule has 32 heavy (non-hydrogen) atoms. The molecule has 0 bridgehead atoms. The fourth-order valence-electron chi connectivity index (χ4n) is 3.11. The molecule has 1 saturated heterocycles. The summed E-state index contributed by atoms with van der Waals surface area (Å²) in [5.41, 5.74) is 0. The van der Waals surface area contributed by atoms with Crippen LogP contribution in [0.3, 0.4) is 0 Å². The zero-order valence-electron chi connectivity index (χ0n) is 16.6. The van der Waals surface area contributed by atoms with Gasteiger partial charge in [-0.1, -0.05) is 11.6 Å². The molecule has 2 atom stereocenters. The first-order valence-electron chi connectivity index (χ1n) is 9.66. The number of piperidine rings is 1. The Morgan fingerprint density at radius 3 is 2.62 bits per heavy atom. The predicted molar refractivity (Wildman–Crippen MR) is 105 cm³/mol. The van der Waals surface area contributed by atoms with Gasteiger partial charge in [0.1, 0.15) is 17.3 Å². The average molecular weight is 478 g/mol. The molecule has 0 spiro atoms. The molecule has 3 N–H and O–H groups in total. The molecule has 1 aliphatic rings. The van der Waals surface area contributed by atoms with E-state index in [1.165, 1.54) is 12.1 Å². The summed E-state index contributed by atoms with van der Waals surface area (Å²) in [7, 11) is 0. The highest BCUT2D eigenvalue weighted by molar-refractivity contribution is 6.30. The minimum Gasteiger partial charge on any atom is -0.484 e. The summed E-state index contributed by atoms with van der Waals surface area (Å²) in [6.45, 7) is -0.168. The molecule has 2 aromatic rings. The van der Waals surface area contributed by atoms with Crippen molar-refractivity contribution in [3.05, 3.63) is 52.7 Å². The lowest BCUT2D eigenvalue weighted by Crippen LogP contribution is -2.54. The average Bonchev–Trinajstić information content (AvgIpc) is 3.23. The molecule has 0 aliphatic carbocycles. The summed E-state index contributed by atoms with van der Waals surface area (Å²) in [5.74, 6) is -2.41. The Morgan fingerprint density at radius 2 is 2.00 bits per heavy atom. The second-order valence-electron chi connectivity index (χ2n) is 7.15. The number of ether oxygens (including phenoxy) is 1. The molecular weight excluding hydrogens is 458 g/mol. The molecule has 12 heteroatoms. The topological polar surface area (TPSA) is 92.6 Å². The molecule has 3 rings (SSSR count). The van der Waals surface area contributed by atoms with Crippen molar-refractivity contribution in [2.45, 2.75) is 37.6 Å². The molecular formula is C20H20ClF4N3O4. The van der Waals surface area contributed by atoms with Crippen molar-refractivity contribution in [3.63, 3.8) is 0 Å². The van der Waals surface area contributed by atoms with Gasteiger partial charge in [0, 0.05) is 18.7 Å². The third kappa shape index (κ3) is 6.60. The molecule has 2 amide bonds. The number of rotatable bonds is 7. The maximum absolute atomic E-state index is 13.4. The van der Waals surface area contributed by atoms with E-state index in [9.17, 15) is 27.2 Å². The zero-order valence-corrected chi connectivity index (χ0v) is 17.4. The summed E-state index contributed by atoms with van der Waals surface area (Å²) in [6.07, 6.45) is -3.67. The Morgan fingerprint density at radius 1 is 1.22 bits per heavy atom. The number of hydrogen-bond acceptors (Lipinski definition) is 5. The molecule has 1 aromatic carbocycles. The summed E-state index contributed by atoms with van der Waals surface area (Å²) < 4.78 is 60.9. The molecule has 2 heterocycles. The molecule has 0 radical (unpaired) electrons. The maximum atomic E-state index is 13.4. The number of halogens is 5. The Balaban J connectivity index is 1.36. The van der Waals surface area contributed by atoms with Gasteiger partial charge < -0.3 is 25.1 Å². The summed E-state index contributed by atoms with van der Waals surface area (Å²) in [5, 5.41) is 8.21. The Kier molecular flexibility index (Phi) is 7.62. The van der Waals surface area contributed by atoms with Crippen LogP contribution in [-0.2, 0) is 22.3 Å². The van der Waals surface area contributed by atoms with Gasteiger partial charge in [-0.15, -0.1) is 0 Å². The SMILES string of the molecule is O=C(COc1ccc(Cl)c(F)c1)N[C@H]1CC[C@H](C(=O)NCc2ccc(C(F)(F)F)o2)NC1. The van der Waals surface area contributed by atoms with Crippen molar-refractivity contribution in [1.29, 1.82) is 0 Å². The number of nitrogens with one attached hydrogen (secondary N) is 3. The Bertz CT molecular complexity index is 959. The van der Waals surface area contributed by atoms with E-state index in [0.29, 0.717) is 19.4 Å². The fraction of sp³-hybridized carbons (Fsp3) is 0.400. The maximum Gasteiger partial charge on any atom is 0.449 e. The van der Waals surface area contributed by atoms with Crippen molar-refractivity contribution in [2.75, 3.05) is 13.2 Å². The predicted octanol–water partition coefficient (Wildman–Crippen LogP) is 3.02. The van der Waals surface area contributed by atoms with Crippen LogP contribution < -0.4 is 20.7 Å². The number of carbonyl (C=O) groups is 2. The van der Waals surface area contributed by atoms with Gasteiger partial charge in [0.15, 0.2) is 6.61 Å². The van der Waals surface area contributed by atoms with Gasteiger partial charge in [-0.05, 0) is 37.1 Å². The second-order valence-corrected chi connectivity index (χ2v) is 7.56. The minimum atomic E-state index is -4.58. The number of amides is 2. The highest BCUT2D eigenvalue weighted by atomic mass is 35.5. The third-order valence-electron chi connectivity index (χ3n) is 4.73. The van der Waals surface area contributed by atoms with Crippen molar-refractivity contribution in [2.24, 2.45) is 0 Å². The van der Waals surface area contributed by atoms with Gasteiger partial charge in [-0.2, -0.15) is 13.2 Å². The first-order valence-corrected chi connectivity index (χ1v) is 10.0. The van der Waals surface area contributed by atoms with E-state index in [1.54, 1.807) is 0 Å². The van der Waals surface area contributed by atoms with Crippen LogP contribution in [0.25, 0.3) is 0 Å². The summed E-state index contributed by atoms with van der Waals surface area (Å²) in [6, 6.07) is 5.01. The van der Waals surface area contributed by atoms with Crippen molar-refractivity contribution >= 4 is 23.4 Å². The molecule has 1 aromatic heterocycles. The van der Waals surface area contributed by atoms with E-state index in [2.05, 4.69) is 20.4 Å². The minimum absolute atomic E-state index is 0.00723. The zero-order chi connectivity index (χ0) is 23.3. The van der Waals surface area contributed by atoms with Crippen molar-refractivity contribution < 1.29 is 36.3 Å². The quantitative estimate of drug-likeness (QED) is 0.533. The number of carbonyl (C=O) groups excluding carboxylic acids is 2. The summed E-state index contributed by atoms with van der Waals surface area (Å²) >= 11 is 5.58. The lowest BCUT2D eigenvalue weighted by molar-refractivity contribution is -0.153.